The first kappa shape index (κ1) is 20.2. The molecule has 146 valence electrons. The number of aryl methyl sites for hydroxylation is 1. The topological polar surface area (TPSA) is 92.1 Å². The summed E-state index contributed by atoms with van der Waals surface area (Å²) in [6, 6.07) is 16.6. The number of ether oxygens (including phenoxy) is 1. The lowest BCUT2D eigenvalue weighted by Gasteiger charge is -2.06. The van der Waals surface area contributed by atoms with Crippen molar-refractivity contribution >= 4 is 28.9 Å². The number of esters is 1. The largest absolute Gasteiger partial charge is 0.455 e. The van der Waals surface area contributed by atoms with Gasteiger partial charge in [0, 0.05) is 16.6 Å². The Morgan fingerprint density at radius 2 is 1.86 bits per heavy atom. The molecule has 0 saturated heterocycles. The van der Waals surface area contributed by atoms with E-state index in [1.165, 1.54) is 16.9 Å². The van der Waals surface area contributed by atoms with Crippen LogP contribution in [0.25, 0.3) is 10.6 Å². The number of nitriles is 1. The van der Waals surface area contributed by atoms with Crippen LogP contribution in [0.2, 0.25) is 0 Å². The minimum absolute atomic E-state index is 0.00763. The molecule has 0 spiro atoms. The van der Waals surface area contributed by atoms with Crippen LogP contribution in [0.4, 0.5) is 5.69 Å². The highest BCUT2D eigenvalue weighted by molar-refractivity contribution is 7.13. The molecule has 0 radical (unpaired) electrons. The van der Waals surface area contributed by atoms with Crippen molar-refractivity contribution in [1.29, 1.82) is 5.26 Å². The lowest BCUT2D eigenvalue weighted by molar-refractivity contribution is -0.146. The van der Waals surface area contributed by atoms with E-state index in [4.69, 9.17) is 10.00 Å². The molecule has 3 rings (SSSR count). The zero-order chi connectivity index (χ0) is 20.6. The van der Waals surface area contributed by atoms with Crippen molar-refractivity contribution in [3.8, 4) is 16.6 Å². The van der Waals surface area contributed by atoms with Crippen LogP contribution in [-0.4, -0.2) is 23.5 Å². The van der Waals surface area contributed by atoms with Crippen LogP contribution in [0.15, 0.2) is 53.9 Å². The summed E-state index contributed by atoms with van der Waals surface area (Å²) in [6.07, 6.45) is 0.988. The Bertz CT molecular complexity index is 1030. The Morgan fingerprint density at radius 3 is 2.52 bits per heavy atom. The van der Waals surface area contributed by atoms with Crippen LogP contribution < -0.4 is 5.32 Å². The summed E-state index contributed by atoms with van der Waals surface area (Å²) in [5, 5.41) is 14.0. The summed E-state index contributed by atoms with van der Waals surface area (Å²) >= 11 is 1.47. The van der Waals surface area contributed by atoms with E-state index in [1.54, 1.807) is 24.3 Å². The van der Waals surface area contributed by atoms with E-state index in [-0.39, 0.29) is 13.0 Å². The van der Waals surface area contributed by atoms with Gasteiger partial charge in [0.05, 0.1) is 23.7 Å². The average Bonchev–Trinajstić information content (AvgIpc) is 3.21. The SMILES string of the molecule is CCc1ccc(-c2nc(CC(=O)OCC(=O)Nc3ccc(C#N)cc3)cs2)cc1. The third-order valence-corrected chi connectivity index (χ3v) is 5.09. The highest BCUT2D eigenvalue weighted by Gasteiger charge is 2.12. The van der Waals surface area contributed by atoms with Gasteiger partial charge in [0.25, 0.3) is 5.91 Å². The van der Waals surface area contributed by atoms with Crippen molar-refractivity contribution in [1.82, 2.24) is 4.98 Å². The summed E-state index contributed by atoms with van der Waals surface area (Å²) in [5.41, 5.74) is 3.91. The van der Waals surface area contributed by atoms with Crippen molar-refractivity contribution in [2.75, 3.05) is 11.9 Å². The molecule has 0 aliphatic carbocycles. The number of nitrogens with zero attached hydrogens (tertiary/aromatic N) is 2. The second kappa shape index (κ2) is 9.62. The smallest absolute Gasteiger partial charge is 0.312 e. The van der Waals surface area contributed by atoms with Crippen molar-refractivity contribution in [2.45, 2.75) is 19.8 Å². The van der Waals surface area contributed by atoms with Crippen LogP contribution in [0, 0.1) is 11.3 Å². The van der Waals surface area contributed by atoms with E-state index >= 15 is 0 Å². The van der Waals surface area contributed by atoms with Gasteiger partial charge in [0.15, 0.2) is 6.61 Å². The predicted molar refractivity (Wildman–Crippen MR) is 111 cm³/mol. The molecular formula is C22H19N3O3S. The van der Waals surface area contributed by atoms with E-state index in [9.17, 15) is 9.59 Å². The zero-order valence-electron chi connectivity index (χ0n) is 15.8. The standard InChI is InChI=1S/C22H19N3O3S/c1-2-15-3-7-17(8-4-15)22-25-19(14-29-22)11-21(27)28-13-20(26)24-18-9-5-16(12-23)6-10-18/h3-10,14H,2,11,13H2,1H3,(H,24,26). The number of aromatic nitrogens is 1. The minimum Gasteiger partial charge on any atom is -0.455 e. The summed E-state index contributed by atoms with van der Waals surface area (Å²) < 4.78 is 5.03. The van der Waals surface area contributed by atoms with Crippen molar-refractivity contribution in [3.63, 3.8) is 0 Å². The van der Waals surface area contributed by atoms with Gasteiger partial charge in [-0.2, -0.15) is 5.26 Å². The van der Waals surface area contributed by atoms with Gasteiger partial charge in [-0.15, -0.1) is 11.3 Å². The third-order valence-electron chi connectivity index (χ3n) is 4.15. The number of hydrogen-bond donors (Lipinski definition) is 1. The molecule has 3 aromatic rings. The quantitative estimate of drug-likeness (QED) is 0.601. The Balaban J connectivity index is 1.48. The van der Waals surface area contributed by atoms with E-state index in [0.29, 0.717) is 16.9 Å². The van der Waals surface area contributed by atoms with Crippen LogP contribution >= 0.6 is 11.3 Å². The molecule has 1 heterocycles. The number of nitrogens with one attached hydrogen (secondary N) is 1. The van der Waals surface area contributed by atoms with E-state index in [1.807, 2.05) is 23.6 Å². The molecule has 0 fully saturated rings. The third kappa shape index (κ3) is 5.74. The highest BCUT2D eigenvalue weighted by atomic mass is 32.1. The van der Waals surface area contributed by atoms with Crippen LogP contribution in [0.1, 0.15) is 23.7 Å². The van der Waals surface area contributed by atoms with Gasteiger partial charge in [-0.05, 0) is 36.2 Å². The molecule has 0 bridgehead atoms. The minimum atomic E-state index is -0.516. The van der Waals surface area contributed by atoms with Crippen LogP contribution in [0.3, 0.4) is 0 Å². The van der Waals surface area contributed by atoms with Gasteiger partial charge in [-0.25, -0.2) is 4.98 Å². The van der Waals surface area contributed by atoms with Gasteiger partial charge in [0.2, 0.25) is 0 Å². The number of rotatable bonds is 7. The van der Waals surface area contributed by atoms with Gasteiger partial charge in [-0.3, -0.25) is 9.59 Å². The molecule has 0 saturated carbocycles. The summed E-state index contributed by atoms with van der Waals surface area (Å²) in [5.74, 6) is -0.962. The molecule has 0 unspecified atom stereocenters. The fourth-order valence-electron chi connectivity index (χ4n) is 2.57. The van der Waals surface area contributed by atoms with Gasteiger partial charge < -0.3 is 10.1 Å². The lowest BCUT2D eigenvalue weighted by Crippen LogP contribution is -2.21. The molecule has 29 heavy (non-hydrogen) atoms. The number of hydrogen-bond acceptors (Lipinski definition) is 6. The van der Waals surface area contributed by atoms with Crippen molar-refractivity contribution in [2.24, 2.45) is 0 Å². The van der Waals surface area contributed by atoms with E-state index in [2.05, 4.69) is 29.4 Å². The summed E-state index contributed by atoms with van der Waals surface area (Å²) in [6.45, 7) is 1.72. The number of benzene rings is 2. The van der Waals surface area contributed by atoms with E-state index < -0.39 is 11.9 Å². The maximum Gasteiger partial charge on any atom is 0.312 e. The Morgan fingerprint density at radius 1 is 1.14 bits per heavy atom. The number of carbonyl (C=O) groups is 2. The number of thiazole rings is 1. The molecule has 0 aliphatic rings. The molecule has 0 atom stereocenters. The second-order valence-electron chi connectivity index (χ2n) is 6.27. The fraction of sp³-hybridized carbons (Fsp3) is 0.182. The molecule has 6 nitrogen and oxygen atoms in total. The fourth-order valence-corrected chi connectivity index (χ4v) is 3.40. The predicted octanol–water partition coefficient (Wildman–Crippen LogP) is 3.97. The van der Waals surface area contributed by atoms with Crippen molar-refractivity contribution < 1.29 is 14.3 Å². The lowest BCUT2D eigenvalue weighted by atomic mass is 10.1. The monoisotopic (exact) mass is 405 g/mol. The number of anilines is 1. The average molecular weight is 405 g/mol. The normalized spacial score (nSPS) is 10.2. The van der Waals surface area contributed by atoms with Crippen LogP contribution in [0.5, 0.6) is 0 Å². The summed E-state index contributed by atoms with van der Waals surface area (Å²) in [4.78, 5) is 28.4. The number of amides is 1. The van der Waals surface area contributed by atoms with E-state index in [0.717, 1.165) is 17.0 Å². The Kier molecular flexibility index (Phi) is 6.72. The molecule has 1 N–H and O–H groups in total. The maximum absolute atomic E-state index is 12.0. The Labute approximate surface area is 172 Å². The molecule has 0 aliphatic heterocycles. The zero-order valence-corrected chi connectivity index (χ0v) is 16.7. The Hall–Kier alpha value is -3.50. The molecule has 2 aromatic carbocycles. The molecule has 1 amide bonds. The maximum atomic E-state index is 12.0. The first-order chi connectivity index (χ1) is 14.1. The first-order valence-electron chi connectivity index (χ1n) is 9.06. The van der Waals surface area contributed by atoms with Crippen LogP contribution in [-0.2, 0) is 27.2 Å². The second-order valence-corrected chi connectivity index (χ2v) is 7.13. The van der Waals surface area contributed by atoms with Gasteiger partial charge in [-0.1, -0.05) is 31.2 Å². The van der Waals surface area contributed by atoms with Crippen molar-refractivity contribution in [3.05, 3.63) is 70.7 Å². The highest BCUT2D eigenvalue weighted by Crippen LogP contribution is 2.24. The molecule has 7 heteroatoms. The summed E-state index contributed by atoms with van der Waals surface area (Å²) in [7, 11) is 0. The first-order valence-corrected chi connectivity index (χ1v) is 9.94. The van der Waals surface area contributed by atoms with Gasteiger partial charge in [0.1, 0.15) is 5.01 Å². The van der Waals surface area contributed by atoms with Gasteiger partial charge >= 0.3 is 5.97 Å². The molecule has 1 aromatic heterocycles. The molecular weight excluding hydrogens is 386 g/mol. The number of carbonyl (C=O) groups excluding carboxylic acids is 2.